The van der Waals surface area contributed by atoms with Gasteiger partial charge in [-0.25, -0.2) is 0 Å². The second-order valence-electron chi connectivity index (χ2n) is 6.31. The van der Waals surface area contributed by atoms with Crippen LogP contribution in [0.25, 0.3) is 0 Å². The van der Waals surface area contributed by atoms with Gasteiger partial charge in [0.1, 0.15) is 0 Å². The molecule has 0 amide bonds. The zero-order valence-electron chi connectivity index (χ0n) is 14.1. The van der Waals surface area contributed by atoms with Gasteiger partial charge in [0.15, 0.2) is 0 Å². The van der Waals surface area contributed by atoms with Gasteiger partial charge in [0.05, 0.1) is 0 Å². The minimum absolute atomic E-state index is 0.181. The van der Waals surface area contributed by atoms with Crippen molar-refractivity contribution in [1.29, 1.82) is 0 Å². The third-order valence-electron chi connectivity index (χ3n) is 4.22. The van der Waals surface area contributed by atoms with Gasteiger partial charge in [-0.15, -0.1) is 0 Å². The van der Waals surface area contributed by atoms with Gasteiger partial charge in [-0.2, -0.15) is 0 Å². The van der Waals surface area contributed by atoms with Crippen molar-refractivity contribution < 1.29 is 0 Å². The fraction of sp³-hybridized carbons (Fsp3) is 0.737. The lowest BCUT2D eigenvalue weighted by molar-refractivity contribution is 0.529. The lowest BCUT2D eigenvalue weighted by Crippen LogP contribution is -2.10. The van der Waals surface area contributed by atoms with E-state index in [2.05, 4.69) is 18.0 Å². The van der Waals surface area contributed by atoms with Crippen LogP contribution in [0.15, 0.2) is 18.3 Å². The highest BCUT2D eigenvalue weighted by Crippen LogP contribution is 2.18. The van der Waals surface area contributed by atoms with Crippen LogP contribution in [0.5, 0.6) is 0 Å². The Balaban J connectivity index is 1.96. The molecule has 1 heterocycles. The molecule has 1 aromatic heterocycles. The average molecular weight is 290 g/mol. The van der Waals surface area contributed by atoms with E-state index in [1.54, 1.807) is 0 Å². The largest absolute Gasteiger partial charge is 0.324 e. The molecule has 2 nitrogen and oxygen atoms in total. The Kier molecular flexibility index (Phi) is 10.1. The molecule has 1 aromatic rings. The summed E-state index contributed by atoms with van der Waals surface area (Å²) >= 11 is 0. The van der Waals surface area contributed by atoms with Crippen LogP contribution in [-0.2, 0) is 0 Å². The van der Waals surface area contributed by atoms with Gasteiger partial charge in [0.25, 0.3) is 0 Å². The summed E-state index contributed by atoms with van der Waals surface area (Å²) < 4.78 is 0. The molecule has 1 rings (SSSR count). The second-order valence-corrected chi connectivity index (χ2v) is 6.31. The summed E-state index contributed by atoms with van der Waals surface area (Å²) in [5.41, 5.74) is 8.54. The normalized spacial score (nSPS) is 12.5. The van der Waals surface area contributed by atoms with Gasteiger partial charge in [0.2, 0.25) is 0 Å². The van der Waals surface area contributed by atoms with E-state index < -0.39 is 0 Å². The van der Waals surface area contributed by atoms with Crippen molar-refractivity contribution in [3.63, 3.8) is 0 Å². The third kappa shape index (κ3) is 8.87. The number of pyridine rings is 1. The monoisotopic (exact) mass is 290 g/mol. The summed E-state index contributed by atoms with van der Waals surface area (Å²) in [5, 5.41) is 0. The van der Waals surface area contributed by atoms with Crippen LogP contribution < -0.4 is 5.73 Å². The average Bonchev–Trinajstić information content (AvgIpc) is 2.49. The molecule has 1 atom stereocenters. The molecule has 120 valence electrons. The molecule has 0 aromatic carbocycles. The van der Waals surface area contributed by atoms with Crippen molar-refractivity contribution in [2.24, 2.45) is 5.73 Å². The van der Waals surface area contributed by atoms with E-state index in [4.69, 9.17) is 5.73 Å². The third-order valence-corrected chi connectivity index (χ3v) is 4.22. The Morgan fingerprint density at radius 2 is 1.52 bits per heavy atom. The zero-order valence-corrected chi connectivity index (χ0v) is 14.1. The summed E-state index contributed by atoms with van der Waals surface area (Å²) in [6.45, 7) is 4.30. The first-order valence-corrected chi connectivity index (χ1v) is 8.92. The molecule has 2 N–H and O–H groups in total. The molecule has 0 aliphatic rings. The van der Waals surface area contributed by atoms with Crippen LogP contribution in [0.1, 0.15) is 94.9 Å². The van der Waals surface area contributed by atoms with Crippen molar-refractivity contribution in [3.05, 3.63) is 29.6 Å². The van der Waals surface area contributed by atoms with E-state index in [9.17, 15) is 0 Å². The first kappa shape index (κ1) is 18.2. The van der Waals surface area contributed by atoms with Crippen LogP contribution in [0.4, 0.5) is 0 Å². The van der Waals surface area contributed by atoms with Gasteiger partial charge in [-0.05, 0) is 31.0 Å². The van der Waals surface area contributed by atoms with Crippen molar-refractivity contribution >= 4 is 0 Å². The number of nitrogens with zero attached hydrogens (tertiary/aromatic N) is 1. The predicted molar refractivity (Wildman–Crippen MR) is 92.4 cm³/mol. The van der Waals surface area contributed by atoms with Gasteiger partial charge in [-0.1, -0.05) is 71.1 Å². The Hall–Kier alpha value is -0.890. The maximum absolute atomic E-state index is 6.25. The highest BCUT2D eigenvalue weighted by Gasteiger charge is 2.05. The molecule has 0 fully saturated rings. The predicted octanol–water partition coefficient (Wildman–Crippen LogP) is 5.70. The van der Waals surface area contributed by atoms with Crippen molar-refractivity contribution in [2.75, 3.05) is 0 Å². The number of aryl methyl sites for hydroxylation is 1. The first-order chi connectivity index (χ1) is 10.2. The van der Waals surface area contributed by atoms with E-state index in [1.165, 1.54) is 69.8 Å². The molecule has 0 saturated carbocycles. The number of aromatic nitrogens is 1. The summed E-state index contributed by atoms with van der Waals surface area (Å²) in [4.78, 5) is 4.22. The lowest BCUT2D eigenvalue weighted by atomic mass is 10.0. The van der Waals surface area contributed by atoms with Crippen molar-refractivity contribution in [1.82, 2.24) is 4.98 Å². The number of hydrogen-bond donors (Lipinski definition) is 1. The highest BCUT2D eigenvalue weighted by molar-refractivity contribution is 5.18. The Morgan fingerprint density at radius 3 is 2.10 bits per heavy atom. The molecule has 1 unspecified atom stereocenters. The van der Waals surface area contributed by atoms with Crippen LogP contribution in [0.2, 0.25) is 0 Å². The standard InChI is InChI=1S/C19H34N2/c1-3-4-5-6-7-8-9-10-11-12-13-19(20)18-14-15-21-17(2)16-18/h14-16,19H,3-13,20H2,1-2H3. The molecule has 2 heteroatoms. The van der Waals surface area contributed by atoms with Gasteiger partial charge < -0.3 is 5.73 Å². The smallest absolute Gasteiger partial charge is 0.0375 e. The summed E-state index contributed by atoms with van der Waals surface area (Å²) in [6.07, 6.45) is 16.8. The Morgan fingerprint density at radius 1 is 0.952 bits per heavy atom. The maximum Gasteiger partial charge on any atom is 0.0375 e. The molecule has 0 aliphatic heterocycles. The fourth-order valence-electron chi connectivity index (χ4n) is 2.82. The summed E-state index contributed by atoms with van der Waals surface area (Å²) in [7, 11) is 0. The van der Waals surface area contributed by atoms with Crippen LogP contribution in [0.3, 0.4) is 0 Å². The van der Waals surface area contributed by atoms with Crippen molar-refractivity contribution in [3.8, 4) is 0 Å². The topological polar surface area (TPSA) is 38.9 Å². The summed E-state index contributed by atoms with van der Waals surface area (Å²) in [5.74, 6) is 0. The molecular weight excluding hydrogens is 256 g/mol. The van der Waals surface area contributed by atoms with Gasteiger partial charge in [0, 0.05) is 17.9 Å². The van der Waals surface area contributed by atoms with Crippen molar-refractivity contribution in [2.45, 2.75) is 90.5 Å². The molecule has 21 heavy (non-hydrogen) atoms. The van der Waals surface area contributed by atoms with Crippen LogP contribution in [0, 0.1) is 6.92 Å². The number of rotatable bonds is 12. The highest BCUT2D eigenvalue weighted by atomic mass is 14.7. The van der Waals surface area contributed by atoms with E-state index >= 15 is 0 Å². The molecular formula is C19H34N2. The molecule has 0 spiro atoms. The second kappa shape index (κ2) is 11.7. The van der Waals surface area contributed by atoms with Gasteiger partial charge >= 0.3 is 0 Å². The molecule has 0 radical (unpaired) electrons. The summed E-state index contributed by atoms with van der Waals surface area (Å²) in [6, 6.07) is 4.34. The minimum atomic E-state index is 0.181. The van der Waals surface area contributed by atoms with E-state index in [1.807, 2.05) is 19.2 Å². The van der Waals surface area contributed by atoms with E-state index in [0.29, 0.717) is 0 Å². The maximum atomic E-state index is 6.25. The Labute approximate surface area is 131 Å². The molecule has 0 aliphatic carbocycles. The fourth-order valence-corrected chi connectivity index (χ4v) is 2.82. The molecule has 0 bridgehead atoms. The molecule has 0 saturated heterocycles. The Bertz CT molecular complexity index is 362. The zero-order chi connectivity index (χ0) is 15.3. The quantitative estimate of drug-likeness (QED) is 0.501. The number of unbranched alkanes of at least 4 members (excludes halogenated alkanes) is 9. The van der Waals surface area contributed by atoms with E-state index in [-0.39, 0.29) is 6.04 Å². The number of hydrogen-bond acceptors (Lipinski definition) is 2. The van der Waals surface area contributed by atoms with Crippen LogP contribution in [-0.4, -0.2) is 4.98 Å². The van der Waals surface area contributed by atoms with Gasteiger partial charge in [-0.3, -0.25) is 4.98 Å². The first-order valence-electron chi connectivity index (χ1n) is 8.92. The van der Waals surface area contributed by atoms with Crippen LogP contribution >= 0.6 is 0 Å². The lowest BCUT2D eigenvalue weighted by Gasteiger charge is -2.12. The minimum Gasteiger partial charge on any atom is -0.324 e. The van der Waals surface area contributed by atoms with E-state index in [0.717, 1.165) is 12.1 Å². The SMILES string of the molecule is CCCCCCCCCCCCC(N)c1ccnc(C)c1. The number of nitrogens with two attached hydrogens (primary N) is 1.